The Kier molecular flexibility index (Phi) is 5.27. The van der Waals surface area contributed by atoms with E-state index >= 15 is 0 Å². The number of nitrogens with one attached hydrogen (secondary N) is 1. The normalized spacial score (nSPS) is 12.1. The monoisotopic (exact) mass is 238 g/mol. The van der Waals surface area contributed by atoms with Crippen molar-refractivity contribution in [3.8, 4) is 6.07 Å². The zero-order chi connectivity index (χ0) is 12.0. The van der Waals surface area contributed by atoms with Gasteiger partial charge in [0.2, 0.25) is 0 Å². The number of aryl methyl sites for hydroxylation is 1. The highest BCUT2D eigenvalue weighted by molar-refractivity contribution is 6.30. The molecular weight excluding hydrogens is 224 g/mol. The predicted molar refractivity (Wildman–Crippen MR) is 64.4 cm³/mol. The van der Waals surface area contributed by atoms with Crippen LogP contribution in [-0.2, 0) is 4.74 Å². The first-order chi connectivity index (χ1) is 7.69. The number of methoxy groups -OCH3 is 1. The number of benzene rings is 1. The molecular formula is C12H15ClN2O. The first-order valence-electron chi connectivity index (χ1n) is 5.07. The van der Waals surface area contributed by atoms with Crippen LogP contribution in [0, 0.1) is 18.3 Å². The van der Waals surface area contributed by atoms with Crippen LogP contribution < -0.4 is 5.32 Å². The predicted octanol–water partition coefficient (Wildman–Crippen LogP) is 2.45. The molecule has 0 saturated heterocycles. The molecule has 0 aliphatic heterocycles. The lowest BCUT2D eigenvalue weighted by Crippen LogP contribution is -2.24. The summed E-state index contributed by atoms with van der Waals surface area (Å²) in [5, 5.41) is 12.9. The minimum absolute atomic E-state index is 0.313. The van der Waals surface area contributed by atoms with Gasteiger partial charge in [0.1, 0.15) is 6.04 Å². The number of halogens is 1. The quantitative estimate of drug-likeness (QED) is 0.802. The van der Waals surface area contributed by atoms with E-state index in [1.54, 1.807) is 13.2 Å². The van der Waals surface area contributed by atoms with Gasteiger partial charge < -0.3 is 4.74 Å². The van der Waals surface area contributed by atoms with Crippen molar-refractivity contribution in [1.82, 2.24) is 5.32 Å². The number of nitrogens with zero attached hydrogens (tertiary/aromatic N) is 1. The van der Waals surface area contributed by atoms with Crippen LogP contribution in [0.5, 0.6) is 0 Å². The molecule has 0 heterocycles. The molecule has 86 valence electrons. The summed E-state index contributed by atoms with van der Waals surface area (Å²) in [6.45, 7) is 3.19. The third-order valence-corrected chi connectivity index (χ3v) is 2.56. The van der Waals surface area contributed by atoms with Gasteiger partial charge >= 0.3 is 0 Å². The van der Waals surface area contributed by atoms with E-state index in [1.807, 2.05) is 19.1 Å². The standard InChI is InChI=1S/C12H15ClN2O/c1-9-7-10(13)3-4-11(9)12(8-14)15-5-6-16-2/h3-4,7,12,15H,5-6H2,1-2H3. The maximum atomic E-state index is 9.09. The van der Waals surface area contributed by atoms with Crippen LogP contribution in [0.2, 0.25) is 5.02 Å². The van der Waals surface area contributed by atoms with Gasteiger partial charge in [0, 0.05) is 18.7 Å². The van der Waals surface area contributed by atoms with Crippen LogP contribution in [0.1, 0.15) is 17.2 Å². The summed E-state index contributed by atoms with van der Waals surface area (Å²) in [5.41, 5.74) is 1.98. The molecule has 0 radical (unpaired) electrons. The highest BCUT2D eigenvalue weighted by Crippen LogP contribution is 2.20. The van der Waals surface area contributed by atoms with E-state index in [0.717, 1.165) is 11.1 Å². The molecule has 1 aromatic carbocycles. The number of nitriles is 1. The van der Waals surface area contributed by atoms with E-state index in [2.05, 4.69) is 11.4 Å². The first kappa shape index (κ1) is 13.0. The van der Waals surface area contributed by atoms with Crippen LogP contribution in [0.15, 0.2) is 18.2 Å². The maximum Gasteiger partial charge on any atom is 0.121 e. The topological polar surface area (TPSA) is 45.0 Å². The second-order valence-corrected chi connectivity index (χ2v) is 3.95. The fourth-order valence-electron chi connectivity index (χ4n) is 1.49. The third-order valence-electron chi connectivity index (χ3n) is 2.33. The van der Waals surface area contributed by atoms with Crippen molar-refractivity contribution in [2.75, 3.05) is 20.3 Å². The van der Waals surface area contributed by atoms with Gasteiger partial charge in [0.25, 0.3) is 0 Å². The highest BCUT2D eigenvalue weighted by atomic mass is 35.5. The molecule has 0 aliphatic rings. The molecule has 1 aromatic rings. The Balaban J connectivity index is 2.76. The number of ether oxygens (including phenoxy) is 1. The van der Waals surface area contributed by atoms with Crippen LogP contribution in [0.25, 0.3) is 0 Å². The summed E-state index contributed by atoms with van der Waals surface area (Å²) in [6, 6.07) is 7.45. The molecule has 16 heavy (non-hydrogen) atoms. The highest BCUT2D eigenvalue weighted by Gasteiger charge is 2.11. The van der Waals surface area contributed by atoms with Gasteiger partial charge in [-0.15, -0.1) is 0 Å². The number of rotatable bonds is 5. The summed E-state index contributed by atoms with van der Waals surface area (Å²) in [4.78, 5) is 0. The van der Waals surface area contributed by atoms with E-state index in [-0.39, 0.29) is 6.04 Å². The number of hydrogen-bond donors (Lipinski definition) is 1. The Morgan fingerprint density at radius 2 is 2.31 bits per heavy atom. The fraction of sp³-hybridized carbons (Fsp3) is 0.417. The minimum atomic E-state index is -0.313. The van der Waals surface area contributed by atoms with Gasteiger partial charge in [-0.3, -0.25) is 5.32 Å². The fourth-order valence-corrected chi connectivity index (χ4v) is 1.72. The smallest absolute Gasteiger partial charge is 0.121 e. The van der Waals surface area contributed by atoms with Crippen LogP contribution in [0.3, 0.4) is 0 Å². The minimum Gasteiger partial charge on any atom is -0.383 e. The van der Waals surface area contributed by atoms with Crippen LogP contribution in [0.4, 0.5) is 0 Å². The molecule has 3 nitrogen and oxygen atoms in total. The van der Waals surface area contributed by atoms with Crippen molar-refractivity contribution < 1.29 is 4.74 Å². The Labute approximate surface area is 101 Å². The van der Waals surface area contributed by atoms with Gasteiger partial charge in [0.15, 0.2) is 0 Å². The summed E-state index contributed by atoms with van der Waals surface area (Å²) in [6.07, 6.45) is 0. The molecule has 1 rings (SSSR count). The van der Waals surface area contributed by atoms with Crippen molar-refractivity contribution >= 4 is 11.6 Å². The van der Waals surface area contributed by atoms with Crippen LogP contribution in [-0.4, -0.2) is 20.3 Å². The Hall–Kier alpha value is -1.08. The average molecular weight is 239 g/mol. The largest absolute Gasteiger partial charge is 0.383 e. The Bertz CT molecular complexity index is 387. The lowest BCUT2D eigenvalue weighted by atomic mass is 10.0. The van der Waals surface area contributed by atoms with Crippen molar-refractivity contribution in [2.24, 2.45) is 0 Å². The van der Waals surface area contributed by atoms with Gasteiger partial charge in [-0.2, -0.15) is 5.26 Å². The van der Waals surface area contributed by atoms with Crippen molar-refractivity contribution in [2.45, 2.75) is 13.0 Å². The maximum absolute atomic E-state index is 9.09. The zero-order valence-corrected chi connectivity index (χ0v) is 10.2. The summed E-state index contributed by atoms with van der Waals surface area (Å²) in [7, 11) is 1.64. The first-order valence-corrected chi connectivity index (χ1v) is 5.45. The second-order valence-electron chi connectivity index (χ2n) is 3.51. The van der Waals surface area contributed by atoms with Gasteiger partial charge in [0.05, 0.1) is 12.7 Å². The third kappa shape index (κ3) is 3.49. The van der Waals surface area contributed by atoms with Crippen molar-refractivity contribution in [3.05, 3.63) is 34.3 Å². The SMILES string of the molecule is COCCNC(C#N)c1ccc(Cl)cc1C. The summed E-state index contributed by atoms with van der Waals surface area (Å²) in [5.74, 6) is 0. The molecule has 0 amide bonds. The zero-order valence-electron chi connectivity index (χ0n) is 9.46. The molecule has 0 spiro atoms. The lowest BCUT2D eigenvalue weighted by molar-refractivity contribution is 0.198. The van der Waals surface area contributed by atoms with E-state index < -0.39 is 0 Å². The average Bonchev–Trinajstić information content (AvgIpc) is 2.26. The van der Waals surface area contributed by atoms with Crippen LogP contribution >= 0.6 is 11.6 Å². The van der Waals surface area contributed by atoms with Gasteiger partial charge in [-0.1, -0.05) is 17.7 Å². The molecule has 1 unspecified atom stereocenters. The van der Waals surface area contributed by atoms with Gasteiger partial charge in [-0.05, 0) is 30.2 Å². The molecule has 0 bridgehead atoms. The molecule has 0 saturated carbocycles. The molecule has 0 aromatic heterocycles. The summed E-state index contributed by atoms with van der Waals surface area (Å²) < 4.78 is 4.93. The Morgan fingerprint density at radius 3 is 2.88 bits per heavy atom. The number of hydrogen-bond acceptors (Lipinski definition) is 3. The van der Waals surface area contributed by atoms with E-state index in [4.69, 9.17) is 21.6 Å². The van der Waals surface area contributed by atoms with E-state index in [9.17, 15) is 0 Å². The molecule has 1 N–H and O–H groups in total. The molecule has 0 fully saturated rings. The molecule has 1 atom stereocenters. The van der Waals surface area contributed by atoms with Crippen molar-refractivity contribution in [3.63, 3.8) is 0 Å². The van der Waals surface area contributed by atoms with Gasteiger partial charge in [-0.25, -0.2) is 0 Å². The second kappa shape index (κ2) is 6.49. The Morgan fingerprint density at radius 1 is 1.56 bits per heavy atom. The summed E-state index contributed by atoms with van der Waals surface area (Å²) >= 11 is 5.87. The van der Waals surface area contributed by atoms with E-state index in [1.165, 1.54) is 0 Å². The van der Waals surface area contributed by atoms with Crippen molar-refractivity contribution in [1.29, 1.82) is 5.26 Å². The molecule has 0 aliphatic carbocycles. The lowest BCUT2D eigenvalue weighted by Gasteiger charge is -2.14. The molecule has 4 heteroatoms. The van der Waals surface area contributed by atoms with E-state index in [0.29, 0.717) is 18.2 Å².